The van der Waals surface area contributed by atoms with Crippen LogP contribution in [0.3, 0.4) is 0 Å². The third-order valence-corrected chi connectivity index (χ3v) is 3.86. The minimum atomic E-state index is -0.269. The number of carbonyl (C=O) groups is 1. The zero-order valence-corrected chi connectivity index (χ0v) is 14.2. The van der Waals surface area contributed by atoms with Crippen LogP contribution in [0.15, 0.2) is 24.3 Å². The molecule has 1 aromatic carbocycles. The smallest absolute Gasteiger partial charge is 0.264 e. The number of hydrogen-bond donors (Lipinski definition) is 1. The number of amides is 1. The second-order valence-electron chi connectivity index (χ2n) is 4.82. The number of ether oxygens (including phenoxy) is 2. The first-order valence-corrected chi connectivity index (χ1v) is 8.51. The van der Waals surface area contributed by atoms with Gasteiger partial charge in [0.05, 0.1) is 6.61 Å². The van der Waals surface area contributed by atoms with Crippen molar-refractivity contribution >= 4 is 22.4 Å². The first-order chi connectivity index (χ1) is 11.2. The molecule has 0 aliphatic heterocycles. The van der Waals surface area contributed by atoms with Crippen molar-refractivity contribution in [2.24, 2.45) is 0 Å². The molecule has 6 nitrogen and oxygen atoms in total. The number of rotatable bonds is 9. The second-order valence-corrected chi connectivity index (χ2v) is 5.88. The van der Waals surface area contributed by atoms with Crippen LogP contribution in [-0.2, 0) is 11.2 Å². The van der Waals surface area contributed by atoms with E-state index in [4.69, 9.17) is 9.47 Å². The highest BCUT2D eigenvalue weighted by molar-refractivity contribution is 7.15. The molecule has 1 aromatic heterocycles. The average Bonchev–Trinajstić information content (AvgIpc) is 3.00. The Morgan fingerprint density at radius 1 is 1.17 bits per heavy atom. The summed E-state index contributed by atoms with van der Waals surface area (Å²) < 4.78 is 11.0. The van der Waals surface area contributed by atoms with E-state index < -0.39 is 0 Å². The summed E-state index contributed by atoms with van der Waals surface area (Å²) in [6, 6.07) is 7.27. The van der Waals surface area contributed by atoms with Gasteiger partial charge < -0.3 is 9.47 Å². The Morgan fingerprint density at radius 2 is 1.91 bits per heavy atom. The predicted molar refractivity (Wildman–Crippen MR) is 90.3 cm³/mol. The first kappa shape index (κ1) is 17.2. The molecule has 0 bridgehead atoms. The van der Waals surface area contributed by atoms with Crippen molar-refractivity contribution in [2.75, 3.05) is 18.5 Å². The highest BCUT2D eigenvalue weighted by Crippen LogP contribution is 2.26. The number of anilines is 1. The van der Waals surface area contributed by atoms with Crippen molar-refractivity contribution in [1.29, 1.82) is 0 Å². The maximum atomic E-state index is 11.9. The third-order valence-electron chi connectivity index (χ3n) is 2.97. The highest BCUT2D eigenvalue weighted by Gasteiger charge is 2.10. The number of nitrogens with zero attached hydrogens (tertiary/aromatic N) is 2. The van der Waals surface area contributed by atoms with Crippen LogP contribution in [0, 0.1) is 0 Å². The quantitative estimate of drug-likeness (QED) is 0.761. The van der Waals surface area contributed by atoms with Gasteiger partial charge in [0, 0.05) is 6.42 Å². The fraction of sp³-hybridized carbons (Fsp3) is 0.438. The monoisotopic (exact) mass is 335 g/mol. The van der Waals surface area contributed by atoms with Crippen LogP contribution in [0.2, 0.25) is 0 Å². The Labute approximate surface area is 139 Å². The van der Waals surface area contributed by atoms with E-state index in [-0.39, 0.29) is 12.5 Å². The van der Waals surface area contributed by atoms with Gasteiger partial charge in [-0.15, -0.1) is 10.2 Å². The van der Waals surface area contributed by atoms with Crippen molar-refractivity contribution in [3.05, 3.63) is 29.3 Å². The van der Waals surface area contributed by atoms with Crippen LogP contribution in [0.5, 0.6) is 11.5 Å². The summed E-state index contributed by atoms with van der Waals surface area (Å²) in [5.41, 5.74) is 0. The van der Waals surface area contributed by atoms with Gasteiger partial charge in [-0.25, -0.2) is 0 Å². The van der Waals surface area contributed by atoms with Gasteiger partial charge in [0.25, 0.3) is 5.91 Å². The number of unbranched alkanes of at least 4 members (excludes halogenated alkanes) is 1. The Kier molecular flexibility index (Phi) is 6.80. The zero-order chi connectivity index (χ0) is 16.5. The van der Waals surface area contributed by atoms with Gasteiger partial charge in [-0.3, -0.25) is 10.1 Å². The molecule has 0 atom stereocenters. The van der Waals surface area contributed by atoms with Crippen molar-refractivity contribution in [3.8, 4) is 11.5 Å². The molecule has 0 radical (unpaired) electrons. The van der Waals surface area contributed by atoms with E-state index in [2.05, 4.69) is 22.4 Å². The van der Waals surface area contributed by atoms with Crippen LogP contribution in [0.1, 0.15) is 31.7 Å². The van der Waals surface area contributed by atoms with E-state index in [0.29, 0.717) is 23.2 Å². The lowest BCUT2D eigenvalue weighted by Gasteiger charge is -2.10. The van der Waals surface area contributed by atoms with Gasteiger partial charge in [-0.05, 0) is 25.5 Å². The molecular formula is C16H21N3O3S. The third kappa shape index (κ3) is 5.52. The number of aryl methyl sites for hydroxylation is 1. The standard InChI is InChI=1S/C16H21N3O3S/c1-3-5-10-15-18-19-16(23-15)17-14(20)11-22-13-9-7-6-8-12(13)21-4-2/h6-9H,3-5,10-11H2,1-2H3,(H,17,19,20). The number of nitrogens with one attached hydrogen (secondary N) is 1. The molecule has 0 fully saturated rings. The van der Waals surface area contributed by atoms with E-state index in [0.717, 1.165) is 24.3 Å². The molecule has 1 N–H and O–H groups in total. The van der Waals surface area contributed by atoms with Crippen LogP contribution in [-0.4, -0.2) is 29.3 Å². The summed E-state index contributed by atoms with van der Waals surface area (Å²) in [6.45, 7) is 4.46. The summed E-state index contributed by atoms with van der Waals surface area (Å²) in [5.74, 6) is 0.903. The molecule has 1 heterocycles. The average molecular weight is 335 g/mol. The summed E-state index contributed by atoms with van der Waals surface area (Å²) in [6.07, 6.45) is 3.07. The lowest BCUT2D eigenvalue weighted by Crippen LogP contribution is -2.20. The van der Waals surface area contributed by atoms with Crippen LogP contribution in [0.25, 0.3) is 0 Å². The topological polar surface area (TPSA) is 73.3 Å². The molecule has 0 spiro atoms. The molecule has 0 aliphatic rings. The Balaban J connectivity index is 1.84. The van der Waals surface area contributed by atoms with E-state index >= 15 is 0 Å². The predicted octanol–water partition coefficient (Wildman–Crippen LogP) is 3.30. The minimum Gasteiger partial charge on any atom is -0.490 e. The SMILES string of the molecule is CCCCc1nnc(NC(=O)COc2ccccc2OCC)s1. The van der Waals surface area contributed by atoms with Crippen LogP contribution in [0.4, 0.5) is 5.13 Å². The first-order valence-electron chi connectivity index (χ1n) is 7.69. The van der Waals surface area contributed by atoms with E-state index in [9.17, 15) is 4.79 Å². The van der Waals surface area contributed by atoms with E-state index in [1.165, 1.54) is 11.3 Å². The van der Waals surface area contributed by atoms with Gasteiger partial charge in [0.15, 0.2) is 18.1 Å². The highest BCUT2D eigenvalue weighted by atomic mass is 32.1. The van der Waals surface area contributed by atoms with Gasteiger partial charge in [-0.1, -0.05) is 36.8 Å². The molecule has 2 aromatic rings. The number of benzene rings is 1. The van der Waals surface area contributed by atoms with Crippen molar-refractivity contribution in [3.63, 3.8) is 0 Å². The lowest BCUT2D eigenvalue weighted by atomic mass is 10.3. The van der Waals surface area contributed by atoms with Gasteiger partial charge in [0.1, 0.15) is 5.01 Å². The number of hydrogen-bond acceptors (Lipinski definition) is 6. The summed E-state index contributed by atoms with van der Waals surface area (Å²) in [7, 11) is 0. The zero-order valence-electron chi connectivity index (χ0n) is 13.4. The molecule has 7 heteroatoms. The molecular weight excluding hydrogens is 314 g/mol. The largest absolute Gasteiger partial charge is 0.490 e. The molecule has 0 unspecified atom stereocenters. The van der Waals surface area contributed by atoms with Crippen LogP contribution >= 0.6 is 11.3 Å². The Hall–Kier alpha value is -2.15. The Bertz CT molecular complexity index is 631. The fourth-order valence-corrected chi connectivity index (χ4v) is 2.67. The minimum absolute atomic E-state index is 0.103. The number of carbonyl (C=O) groups excluding carboxylic acids is 1. The van der Waals surface area contributed by atoms with E-state index in [1.54, 1.807) is 6.07 Å². The molecule has 1 amide bonds. The molecule has 0 aliphatic carbocycles. The number of aromatic nitrogens is 2. The fourth-order valence-electron chi connectivity index (χ4n) is 1.88. The molecule has 0 saturated heterocycles. The van der Waals surface area contributed by atoms with Crippen molar-refractivity contribution < 1.29 is 14.3 Å². The molecule has 124 valence electrons. The lowest BCUT2D eigenvalue weighted by molar-refractivity contribution is -0.118. The summed E-state index contributed by atoms with van der Waals surface area (Å²) in [4.78, 5) is 11.9. The molecule has 23 heavy (non-hydrogen) atoms. The van der Waals surface area contributed by atoms with E-state index in [1.807, 2.05) is 25.1 Å². The van der Waals surface area contributed by atoms with Crippen molar-refractivity contribution in [1.82, 2.24) is 10.2 Å². The normalized spacial score (nSPS) is 10.3. The van der Waals surface area contributed by atoms with Gasteiger partial charge in [0.2, 0.25) is 5.13 Å². The van der Waals surface area contributed by atoms with Gasteiger partial charge >= 0.3 is 0 Å². The van der Waals surface area contributed by atoms with Crippen LogP contribution < -0.4 is 14.8 Å². The molecule has 0 saturated carbocycles. The molecule has 2 rings (SSSR count). The maximum absolute atomic E-state index is 11.9. The summed E-state index contributed by atoms with van der Waals surface area (Å²) in [5, 5.41) is 12.2. The second kappa shape index (κ2) is 9.09. The maximum Gasteiger partial charge on any atom is 0.264 e. The van der Waals surface area contributed by atoms with Gasteiger partial charge in [-0.2, -0.15) is 0 Å². The van der Waals surface area contributed by atoms with Crippen molar-refractivity contribution in [2.45, 2.75) is 33.1 Å². The Morgan fingerprint density at radius 3 is 2.61 bits per heavy atom. The number of para-hydroxylation sites is 2. The summed E-state index contributed by atoms with van der Waals surface area (Å²) >= 11 is 1.40.